The number of anilines is 1. The minimum atomic E-state index is -3.01. The molecule has 7 nitrogen and oxygen atoms in total. The molecule has 38 heavy (non-hydrogen) atoms. The van der Waals surface area contributed by atoms with Crippen LogP contribution in [-0.4, -0.2) is 55.1 Å². The predicted octanol–water partition coefficient (Wildman–Crippen LogP) is 5.60. The van der Waals surface area contributed by atoms with Gasteiger partial charge in [-0.05, 0) is 69.4 Å². The summed E-state index contributed by atoms with van der Waals surface area (Å²) in [5.74, 6) is -0.258. The van der Waals surface area contributed by atoms with E-state index in [9.17, 15) is 13.6 Å². The highest BCUT2D eigenvalue weighted by atomic mass is 19.3. The SMILES string of the molecule is C=C(C#N)CNc1c(OC(F)F)ccc2ccc(-c3cccc(C(=O)N[C@H]4CC[C@H](N(C)C)CC4)n3)cc12. The van der Waals surface area contributed by atoms with Crippen LogP contribution in [0.1, 0.15) is 36.2 Å². The fourth-order valence-corrected chi connectivity index (χ4v) is 4.79. The molecule has 1 amide bonds. The first kappa shape index (κ1) is 27.0. The fourth-order valence-electron chi connectivity index (χ4n) is 4.79. The molecule has 0 bridgehead atoms. The summed E-state index contributed by atoms with van der Waals surface area (Å²) < 4.78 is 30.9. The van der Waals surface area contributed by atoms with Crippen LogP contribution in [0.25, 0.3) is 22.0 Å². The second-order valence-electron chi connectivity index (χ2n) is 9.67. The van der Waals surface area contributed by atoms with Gasteiger partial charge in [0.2, 0.25) is 0 Å². The van der Waals surface area contributed by atoms with E-state index >= 15 is 0 Å². The number of nitrogens with one attached hydrogen (secondary N) is 2. The molecule has 3 aromatic rings. The number of nitriles is 1. The quantitative estimate of drug-likeness (QED) is 0.358. The van der Waals surface area contributed by atoms with E-state index in [1.165, 1.54) is 6.07 Å². The molecule has 4 rings (SSSR count). The second kappa shape index (κ2) is 12.0. The van der Waals surface area contributed by atoms with Crippen molar-refractivity contribution in [1.29, 1.82) is 5.26 Å². The molecular weight excluding hydrogens is 488 g/mol. The van der Waals surface area contributed by atoms with Crippen molar-refractivity contribution in [2.75, 3.05) is 26.0 Å². The molecule has 0 atom stereocenters. The highest BCUT2D eigenvalue weighted by Gasteiger charge is 2.24. The minimum Gasteiger partial charge on any atom is -0.433 e. The van der Waals surface area contributed by atoms with Gasteiger partial charge in [-0.3, -0.25) is 4.79 Å². The number of halogens is 2. The van der Waals surface area contributed by atoms with Gasteiger partial charge >= 0.3 is 6.61 Å². The van der Waals surface area contributed by atoms with Gasteiger partial charge in [-0.25, -0.2) is 4.98 Å². The van der Waals surface area contributed by atoms with Crippen molar-refractivity contribution in [3.8, 4) is 23.1 Å². The van der Waals surface area contributed by atoms with Gasteiger partial charge in [-0.1, -0.05) is 30.8 Å². The number of amides is 1. The number of carbonyl (C=O) groups is 1. The van der Waals surface area contributed by atoms with Gasteiger partial charge in [-0.15, -0.1) is 0 Å². The van der Waals surface area contributed by atoms with Gasteiger partial charge in [0.15, 0.2) is 0 Å². The maximum Gasteiger partial charge on any atom is 0.387 e. The van der Waals surface area contributed by atoms with Crippen LogP contribution in [0.5, 0.6) is 5.75 Å². The van der Waals surface area contributed by atoms with Gasteiger partial charge in [0, 0.05) is 35.2 Å². The monoisotopic (exact) mass is 519 g/mol. The third kappa shape index (κ3) is 6.45. The van der Waals surface area contributed by atoms with E-state index in [2.05, 4.69) is 41.2 Å². The molecule has 1 aromatic heterocycles. The molecule has 2 N–H and O–H groups in total. The Hall–Kier alpha value is -4.03. The summed E-state index contributed by atoms with van der Waals surface area (Å²) in [6.45, 7) is 0.705. The van der Waals surface area contributed by atoms with E-state index in [4.69, 9.17) is 10.00 Å². The van der Waals surface area contributed by atoms with Crippen LogP contribution >= 0.6 is 0 Å². The van der Waals surface area contributed by atoms with Gasteiger partial charge in [0.25, 0.3) is 5.91 Å². The van der Waals surface area contributed by atoms with Gasteiger partial charge in [0.05, 0.1) is 17.5 Å². The van der Waals surface area contributed by atoms with Crippen molar-refractivity contribution in [2.24, 2.45) is 0 Å². The molecular formula is C29H31F2N5O2. The largest absolute Gasteiger partial charge is 0.433 e. The van der Waals surface area contributed by atoms with Crippen molar-refractivity contribution in [2.45, 2.75) is 44.4 Å². The first-order valence-electron chi connectivity index (χ1n) is 12.5. The van der Waals surface area contributed by atoms with Crippen molar-refractivity contribution < 1.29 is 18.3 Å². The Kier molecular flexibility index (Phi) is 8.54. The zero-order valence-corrected chi connectivity index (χ0v) is 21.5. The molecule has 1 heterocycles. The standard InChI is InChI=1S/C29H31F2N5O2/c1-18(16-32)17-33-27-23-15-20(8-7-19(23)9-14-26(27)38-29(30)31)24-5-4-6-25(35-24)28(37)34-21-10-12-22(13-11-21)36(2)3/h4-9,14-15,21-22,29,33H,1,10-13,17H2,2-3H3,(H,34,37)/t21-,22-. The Balaban J connectivity index is 1.60. The second-order valence-corrected chi connectivity index (χ2v) is 9.67. The lowest BCUT2D eigenvalue weighted by Crippen LogP contribution is -2.42. The summed E-state index contributed by atoms with van der Waals surface area (Å²) >= 11 is 0. The number of fused-ring (bicyclic) bond motifs is 1. The maximum atomic E-state index is 13.1. The summed E-state index contributed by atoms with van der Waals surface area (Å²) in [5.41, 5.74) is 2.16. The Bertz CT molecular complexity index is 1360. The van der Waals surface area contributed by atoms with Crippen molar-refractivity contribution in [3.63, 3.8) is 0 Å². The van der Waals surface area contributed by atoms with Gasteiger partial charge in [-0.2, -0.15) is 14.0 Å². The average Bonchev–Trinajstić information content (AvgIpc) is 2.92. The van der Waals surface area contributed by atoms with Crippen LogP contribution in [0.4, 0.5) is 14.5 Å². The van der Waals surface area contributed by atoms with Crippen LogP contribution in [0.3, 0.4) is 0 Å². The molecule has 2 aromatic carbocycles. The number of benzene rings is 2. The highest BCUT2D eigenvalue weighted by molar-refractivity contribution is 5.99. The molecule has 0 aliphatic heterocycles. The molecule has 1 fully saturated rings. The number of pyridine rings is 1. The molecule has 198 valence electrons. The van der Waals surface area contributed by atoms with Crippen molar-refractivity contribution in [1.82, 2.24) is 15.2 Å². The topological polar surface area (TPSA) is 90.3 Å². The number of hydrogen-bond donors (Lipinski definition) is 2. The lowest BCUT2D eigenvalue weighted by molar-refractivity contribution is -0.0492. The Morgan fingerprint density at radius 2 is 1.92 bits per heavy atom. The zero-order valence-electron chi connectivity index (χ0n) is 21.5. The van der Waals surface area contributed by atoms with Gasteiger partial charge < -0.3 is 20.3 Å². The van der Waals surface area contributed by atoms with E-state index in [0.717, 1.165) is 31.1 Å². The number of ether oxygens (including phenoxy) is 1. The Morgan fingerprint density at radius 3 is 2.61 bits per heavy atom. The summed E-state index contributed by atoms with van der Waals surface area (Å²) in [7, 11) is 4.17. The van der Waals surface area contributed by atoms with E-state index in [1.54, 1.807) is 30.3 Å². The first-order valence-corrected chi connectivity index (χ1v) is 12.5. The van der Waals surface area contributed by atoms with Crippen LogP contribution in [0.2, 0.25) is 0 Å². The van der Waals surface area contributed by atoms with Crippen LogP contribution < -0.4 is 15.4 Å². The molecule has 1 aliphatic carbocycles. The summed E-state index contributed by atoms with van der Waals surface area (Å²) in [5, 5.41) is 16.6. The van der Waals surface area contributed by atoms with E-state index in [1.807, 2.05) is 18.2 Å². The number of rotatable bonds is 9. The molecule has 0 radical (unpaired) electrons. The van der Waals surface area contributed by atoms with Gasteiger partial charge in [0.1, 0.15) is 11.4 Å². The molecule has 0 unspecified atom stereocenters. The number of hydrogen-bond acceptors (Lipinski definition) is 6. The zero-order chi connectivity index (χ0) is 27.2. The van der Waals surface area contributed by atoms with Crippen LogP contribution in [-0.2, 0) is 0 Å². The first-order chi connectivity index (χ1) is 18.2. The van der Waals surface area contributed by atoms with Crippen molar-refractivity contribution in [3.05, 3.63) is 66.4 Å². The van der Waals surface area contributed by atoms with Crippen molar-refractivity contribution >= 4 is 22.4 Å². The number of carbonyl (C=O) groups excluding carboxylic acids is 1. The van der Waals surface area contributed by atoms with E-state index in [0.29, 0.717) is 34.1 Å². The Labute approximate surface area is 221 Å². The molecule has 0 saturated heterocycles. The lowest BCUT2D eigenvalue weighted by Gasteiger charge is -2.32. The third-order valence-corrected chi connectivity index (χ3v) is 6.88. The van der Waals surface area contributed by atoms with E-state index < -0.39 is 6.61 Å². The number of alkyl halides is 2. The van der Waals surface area contributed by atoms with E-state index in [-0.39, 0.29) is 29.8 Å². The average molecular weight is 520 g/mol. The summed E-state index contributed by atoms with van der Waals surface area (Å²) in [6, 6.07) is 16.5. The van der Waals surface area contributed by atoms with Crippen LogP contribution in [0, 0.1) is 11.3 Å². The lowest BCUT2D eigenvalue weighted by atomic mass is 9.90. The minimum absolute atomic E-state index is 0.0412. The number of aromatic nitrogens is 1. The predicted molar refractivity (Wildman–Crippen MR) is 144 cm³/mol. The number of nitrogens with zero attached hydrogens (tertiary/aromatic N) is 3. The molecule has 1 aliphatic rings. The fraction of sp³-hybridized carbons (Fsp3) is 0.345. The molecule has 0 spiro atoms. The molecule has 1 saturated carbocycles. The summed E-state index contributed by atoms with van der Waals surface area (Å²) in [4.78, 5) is 19.8. The normalized spacial score (nSPS) is 17.3. The third-order valence-electron chi connectivity index (χ3n) is 6.88. The highest BCUT2D eigenvalue weighted by Crippen LogP contribution is 2.36. The summed E-state index contributed by atoms with van der Waals surface area (Å²) in [6.07, 6.45) is 3.93. The Morgan fingerprint density at radius 1 is 1.18 bits per heavy atom. The maximum absolute atomic E-state index is 13.1. The molecule has 9 heteroatoms. The van der Waals surface area contributed by atoms with Crippen LogP contribution in [0.15, 0.2) is 60.7 Å². The smallest absolute Gasteiger partial charge is 0.387 e.